The molecule has 0 saturated heterocycles. The largest absolute Gasteiger partial charge is 0.497 e. The summed E-state index contributed by atoms with van der Waals surface area (Å²) in [6, 6.07) is 14.5. The van der Waals surface area contributed by atoms with Crippen LogP contribution in [0.2, 0.25) is 0 Å². The molecular weight excluding hydrogens is 292 g/mol. The monoisotopic (exact) mass is 306 g/mol. The van der Waals surface area contributed by atoms with E-state index in [9.17, 15) is 9.90 Å². The van der Waals surface area contributed by atoms with Gasteiger partial charge in [0, 0.05) is 22.7 Å². The molecule has 3 aromatic rings. The van der Waals surface area contributed by atoms with Gasteiger partial charge in [-0.3, -0.25) is 4.79 Å². The van der Waals surface area contributed by atoms with Crippen LogP contribution in [-0.4, -0.2) is 23.1 Å². The summed E-state index contributed by atoms with van der Waals surface area (Å²) in [5.41, 5.74) is 3.05. The first-order valence-electron chi connectivity index (χ1n) is 7.24. The number of carbonyl (C=O) groups is 1. The Labute approximate surface area is 132 Å². The van der Waals surface area contributed by atoms with Gasteiger partial charge in [-0.05, 0) is 35.9 Å². The molecule has 0 saturated carbocycles. The predicted octanol–water partition coefficient (Wildman–Crippen LogP) is 3.11. The van der Waals surface area contributed by atoms with Crippen molar-refractivity contribution in [2.75, 3.05) is 12.0 Å². The maximum absolute atomic E-state index is 12.7. The lowest BCUT2D eigenvalue weighted by atomic mass is 10.1. The molecule has 1 aliphatic rings. The molecule has 1 N–H and O–H groups in total. The van der Waals surface area contributed by atoms with E-state index in [1.54, 1.807) is 30.2 Å². The molecule has 0 spiro atoms. The number of carbonyl (C=O) groups excluding carboxylic acids is 1. The van der Waals surface area contributed by atoms with Crippen LogP contribution in [0.15, 0.2) is 48.5 Å². The second kappa shape index (κ2) is 4.98. The van der Waals surface area contributed by atoms with Crippen LogP contribution in [0.25, 0.3) is 10.9 Å². The Morgan fingerprint density at radius 3 is 2.78 bits per heavy atom. The number of pyridine rings is 1. The summed E-state index contributed by atoms with van der Waals surface area (Å²) in [4.78, 5) is 18.5. The first-order chi connectivity index (χ1) is 11.2. The van der Waals surface area contributed by atoms with Gasteiger partial charge < -0.3 is 14.7 Å². The zero-order valence-electron chi connectivity index (χ0n) is 12.5. The molecule has 1 amide bonds. The highest BCUT2D eigenvalue weighted by Crippen LogP contribution is 2.32. The summed E-state index contributed by atoms with van der Waals surface area (Å²) >= 11 is 0. The van der Waals surface area contributed by atoms with Crippen molar-refractivity contribution in [2.45, 2.75) is 6.54 Å². The molecule has 114 valence electrons. The number of aromatic hydroxyl groups is 1. The van der Waals surface area contributed by atoms with Crippen LogP contribution < -0.4 is 9.64 Å². The number of amides is 1. The van der Waals surface area contributed by atoms with Gasteiger partial charge in [-0.1, -0.05) is 12.1 Å². The standard InChI is InChI=1S/C18H14N2O3/c1-23-14-6-3-12-10-20(18(22)15(12)9-14)13-5-2-11-4-7-17(21)19-16(11)8-13/h2-9H,10H2,1H3,(H,19,21). The topological polar surface area (TPSA) is 62.7 Å². The van der Waals surface area contributed by atoms with Crippen molar-refractivity contribution in [3.8, 4) is 11.6 Å². The summed E-state index contributed by atoms with van der Waals surface area (Å²) in [7, 11) is 1.58. The number of anilines is 1. The fourth-order valence-corrected chi connectivity index (χ4v) is 2.88. The molecule has 5 heteroatoms. The van der Waals surface area contributed by atoms with Crippen molar-refractivity contribution in [3.05, 3.63) is 59.7 Å². The summed E-state index contributed by atoms with van der Waals surface area (Å²) < 4.78 is 5.19. The smallest absolute Gasteiger partial charge is 0.259 e. The number of rotatable bonds is 2. The third-order valence-corrected chi connectivity index (χ3v) is 4.09. The number of benzene rings is 2. The molecule has 2 aromatic carbocycles. The van der Waals surface area contributed by atoms with E-state index in [2.05, 4.69) is 4.98 Å². The van der Waals surface area contributed by atoms with Crippen molar-refractivity contribution >= 4 is 22.5 Å². The van der Waals surface area contributed by atoms with Crippen molar-refractivity contribution in [2.24, 2.45) is 0 Å². The molecule has 0 radical (unpaired) electrons. The number of fused-ring (bicyclic) bond motifs is 2. The Kier molecular flexibility index (Phi) is 2.94. The molecule has 0 atom stereocenters. The van der Waals surface area contributed by atoms with Crippen LogP contribution in [0.5, 0.6) is 11.6 Å². The third-order valence-electron chi connectivity index (χ3n) is 4.09. The lowest BCUT2D eigenvalue weighted by molar-refractivity contribution is 0.0996. The second-order valence-electron chi connectivity index (χ2n) is 5.46. The van der Waals surface area contributed by atoms with Gasteiger partial charge in [0.25, 0.3) is 5.91 Å². The van der Waals surface area contributed by atoms with Gasteiger partial charge in [0.1, 0.15) is 5.75 Å². The maximum atomic E-state index is 12.7. The summed E-state index contributed by atoms with van der Waals surface area (Å²) in [6.45, 7) is 0.516. The molecule has 0 fully saturated rings. The summed E-state index contributed by atoms with van der Waals surface area (Å²) in [5, 5.41) is 10.4. The Morgan fingerprint density at radius 1 is 1.13 bits per heavy atom. The fourth-order valence-electron chi connectivity index (χ4n) is 2.88. The van der Waals surface area contributed by atoms with E-state index >= 15 is 0 Å². The molecule has 5 nitrogen and oxygen atoms in total. The zero-order chi connectivity index (χ0) is 16.0. The Hall–Kier alpha value is -3.08. The predicted molar refractivity (Wildman–Crippen MR) is 86.9 cm³/mol. The van der Waals surface area contributed by atoms with E-state index < -0.39 is 0 Å². The summed E-state index contributed by atoms with van der Waals surface area (Å²) in [5.74, 6) is 0.581. The van der Waals surface area contributed by atoms with E-state index in [1.807, 2.05) is 30.3 Å². The Balaban J connectivity index is 1.76. The number of hydrogen-bond acceptors (Lipinski definition) is 4. The van der Waals surface area contributed by atoms with Crippen LogP contribution >= 0.6 is 0 Å². The minimum atomic E-state index is -0.0570. The highest BCUT2D eigenvalue weighted by Gasteiger charge is 2.29. The van der Waals surface area contributed by atoms with Gasteiger partial charge in [-0.2, -0.15) is 0 Å². The van der Waals surface area contributed by atoms with Crippen LogP contribution in [0, 0.1) is 0 Å². The number of nitrogens with zero attached hydrogens (tertiary/aromatic N) is 2. The molecule has 0 aliphatic carbocycles. The van der Waals surface area contributed by atoms with E-state index in [-0.39, 0.29) is 11.8 Å². The first kappa shape index (κ1) is 13.6. The number of aromatic nitrogens is 1. The minimum absolute atomic E-state index is 0.0320. The van der Waals surface area contributed by atoms with Crippen molar-refractivity contribution in [3.63, 3.8) is 0 Å². The van der Waals surface area contributed by atoms with Crippen molar-refractivity contribution in [1.82, 2.24) is 4.98 Å². The number of hydrogen-bond donors (Lipinski definition) is 1. The number of methoxy groups -OCH3 is 1. The van der Waals surface area contributed by atoms with Gasteiger partial charge in [0.2, 0.25) is 5.88 Å². The molecular formula is C18H14N2O3. The van der Waals surface area contributed by atoms with E-state index in [4.69, 9.17) is 4.74 Å². The lowest BCUT2D eigenvalue weighted by Gasteiger charge is -2.16. The van der Waals surface area contributed by atoms with Gasteiger partial charge >= 0.3 is 0 Å². The van der Waals surface area contributed by atoms with Crippen LogP contribution in [0.4, 0.5) is 5.69 Å². The molecule has 23 heavy (non-hydrogen) atoms. The minimum Gasteiger partial charge on any atom is -0.497 e. The Morgan fingerprint density at radius 2 is 1.96 bits per heavy atom. The molecule has 2 heterocycles. The first-order valence-corrected chi connectivity index (χ1v) is 7.24. The Bertz CT molecular complexity index is 937. The van der Waals surface area contributed by atoms with Gasteiger partial charge in [0.05, 0.1) is 19.2 Å². The average molecular weight is 306 g/mol. The molecule has 0 bridgehead atoms. The van der Waals surface area contributed by atoms with E-state index in [1.165, 1.54) is 0 Å². The normalized spacial score (nSPS) is 13.4. The van der Waals surface area contributed by atoms with Gasteiger partial charge in [-0.15, -0.1) is 0 Å². The average Bonchev–Trinajstić information content (AvgIpc) is 2.90. The van der Waals surface area contributed by atoms with E-state index in [0.29, 0.717) is 23.4 Å². The molecule has 1 aromatic heterocycles. The highest BCUT2D eigenvalue weighted by molar-refractivity contribution is 6.10. The highest BCUT2D eigenvalue weighted by atomic mass is 16.5. The van der Waals surface area contributed by atoms with E-state index in [0.717, 1.165) is 16.6 Å². The van der Waals surface area contributed by atoms with Crippen molar-refractivity contribution in [1.29, 1.82) is 0 Å². The second-order valence-corrected chi connectivity index (χ2v) is 5.46. The SMILES string of the molecule is COc1ccc2c(c1)C(=O)N(c1ccc3ccc(O)nc3c1)C2. The zero-order valence-corrected chi connectivity index (χ0v) is 12.5. The van der Waals surface area contributed by atoms with Crippen molar-refractivity contribution < 1.29 is 14.6 Å². The van der Waals surface area contributed by atoms with Crippen LogP contribution in [0.1, 0.15) is 15.9 Å². The fraction of sp³-hybridized carbons (Fsp3) is 0.111. The summed E-state index contributed by atoms with van der Waals surface area (Å²) in [6.07, 6.45) is 0. The van der Waals surface area contributed by atoms with Gasteiger partial charge in [-0.25, -0.2) is 4.98 Å². The van der Waals surface area contributed by atoms with Crippen LogP contribution in [-0.2, 0) is 6.54 Å². The quantitative estimate of drug-likeness (QED) is 0.790. The molecule has 4 rings (SSSR count). The van der Waals surface area contributed by atoms with Gasteiger partial charge in [0.15, 0.2) is 0 Å². The number of ether oxygens (including phenoxy) is 1. The lowest BCUT2D eigenvalue weighted by Crippen LogP contribution is -2.22. The van der Waals surface area contributed by atoms with Crippen LogP contribution in [0.3, 0.4) is 0 Å². The molecule has 0 unspecified atom stereocenters. The molecule has 1 aliphatic heterocycles. The maximum Gasteiger partial charge on any atom is 0.259 e. The third kappa shape index (κ3) is 2.17.